The summed E-state index contributed by atoms with van der Waals surface area (Å²) in [6, 6.07) is 0.805. The molecule has 1 aliphatic heterocycles. The van der Waals surface area contributed by atoms with Crippen molar-refractivity contribution in [3.8, 4) is 0 Å². The summed E-state index contributed by atoms with van der Waals surface area (Å²) in [5, 5.41) is 7.19. The van der Waals surface area contributed by atoms with Crippen molar-refractivity contribution in [3.05, 3.63) is 0 Å². The molecule has 1 unspecified atom stereocenters. The van der Waals surface area contributed by atoms with Crippen LogP contribution in [0.5, 0.6) is 0 Å². The summed E-state index contributed by atoms with van der Waals surface area (Å²) >= 11 is 0. The largest absolute Gasteiger partial charge is 0.388 e. The normalized spacial score (nSPS) is 22.9. The van der Waals surface area contributed by atoms with Gasteiger partial charge < -0.3 is 10.6 Å². The zero-order chi connectivity index (χ0) is 11.8. The van der Waals surface area contributed by atoms with Crippen molar-refractivity contribution in [1.29, 1.82) is 5.41 Å². The summed E-state index contributed by atoms with van der Waals surface area (Å²) in [5.41, 5.74) is 5.36. The number of nitrogens with zero attached hydrogens (tertiary/aromatic N) is 1. The maximum absolute atomic E-state index is 7.19. The first-order chi connectivity index (χ1) is 7.74. The lowest BCUT2D eigenvalue weighted by Gasteiger charge is -2.29. The highest BCUT2D eigenvalue weighted by molar-refractivity contribution is 5.76. The molecule has 1 heterocycles. The molecule has 0 aliphatic carbocycles. The van der Waals surface area contributed by atoms with E-state index in [-0.39, 0.29) is 0 Å². The first-order valence-electron chi connectivity index (χ1n) is 6.81. The van der Waals surface area contributed by atoms with E-state index in [2.05, 4.69) is 11.8 Å². The highest BCUT2D eigenvalue weighted by Gasteiger charge is 2.18. The summed E-state index contributed by atoms with van der Waals surface area (Å²) in [6.45, 7) is 4.78. The zero-order valence-corrected chi connectivity index (χ0v) is 10.7. The first-order valence-corrected chi connectivity index (χ1v) is 6.81. The summed E-state index contributed by atoms with van der Waals surface area (Å²) in [6.07, 6.45) is 9.87. The van der Waals surface area contributed by atoms with Gasteiger partial charge in [0.2, 0.25) is 0 Å². The van der Waals surface area contributed by atoms with Crippen molar-refractivity contribution in [2.75, 3.05) is 13.1 Å². The second-order valence-electron chi connectivity index (χ2n) is 4.93. The fourth-order valence-electron chi connectivity index (χ4n) is 2.62. The molecule has 1 saturated heterocycles. The number of nitrogens with one attached hydrogen (secondary N) is 1. The Morgan fingerprint density at radius 1 is 1.31 bits per heavy atom. The molecule has 0 bridgehead atoms. The second kappa shape index (κ2) is 7.66. The SMILES string of the molecule is CCC1CCCCCN1CCCCC(=N)N. The highest BCUT2D eigenvalue weighted by atomic mass is 15.1. The van der Waals surface area contributed by atoms with Gasteiger partial charge in [-0.1, -0.05) is 19.8 Å². The van der Waals surface area contributed by atoms with Crippen molar-refractivity contribution < 1.29 is 0 Å². The third kappa shape index (κ3) is 4.97. The van der Waals surface area contributed by atoms with Gasteiger partial charge >= 0.3 is 0 Å². The maximum Gasteiger partial charge on any atom is 0.0905 e. The van der Waals surface area contributed by atoms with E-state index in [0.717, 1.165) is 18.9 Å². The molecule has 1 aliphatic rings. The number of hydrogen-bond acceptors (Lipinski definition) is 2. The Hall–Kier alpha value is -0.570. The molecule has 3 heteroatoms. The van der Waals surface area contributed by atoms with E-state index in [1.54, 1.807) is 0 Å². The minimum atomic E-state index is 0.336. The van der Waals surface area contributed by atoms with Crippen molar-refractivity contribution in [2.45, 2.75) is 64.3 Å². The van der Waals surface area contributed by atoms with Gasteiger partial charge in [0.25, 0.3) is 0 Å². The van der Waals surface area contributed by atoms with Gasteiger partial charge in [-0.25, -0.2) is 0 Å². The molecule has 3 N–H and O–H groups in total. The molecule has 0 radical (unpaired) electrons. The van der Waals surface area contributed by atoms with Crippen LogP contribution in [-0.2, 0) is 0 Å². The highest BCUT2D eigenvalue weighted by Crippen LogP contribution is 2.19. The Labute approximate surface area is 99.9 Å². The fraction of sp³-hybridized carbons (Fsp3) is 0.923. The number of nitrogens with two attached hydrogens (primary N) is 1. The van der Waals surface area contributed by atoms with E-state index in [4.69, 9.17) is 11.1 Å². The van der Waals surface area contributed by atoms with Crippen LogP contribution in [0.3, 0.4) is 0 Å². The third-order valence-electron chi connectivity index (χ3n) is 3.61. The quantitative estimate of drug-likeness (QED) is 0.415. The van der Waals surface area contributed by atoms with E-state index in [1.807, 2.05) is 0 Å². The molecule has 1 atom stereocenters. The van der Waals surface area contributed by atoms with E-state index in [1.165, 1.54) is 51.6 Å². The van der Waals surface area contributed by atoms with Gasteiger partial charge in [0, 0.05) is 12.5 Å². The van der Waals surface area contributed by atoms with Gasteiger partial charge in [-0.3, -0.25) is 5.41 Å². The smallest absolute Gasteiger partial charge is 0.0905 e. The third-order valence-corrected chi connectivity index (χ3v) is 3.61. The van der Waals surface area contributed by atoms with Crippen LogP contribution >= 0.6 is 0 Å². The van der Waals surface area contributed by atoms with Gasteiger partial charge in [-0.05, 0) is 45.2 Å². The number of amidine groups is 1. The van der Waals surface area contributed by atoms with Gasteiger partial charge in [0.1, 0.15) is 0 Å². The van der Waals surface area contributed by atoms with Crippen molar-refractivity contribution in [3.63, 3.8) is 0 Å². The molecular formula is C13H27N3. The van der Waals surface area contributed by atoms with Crippen LogP contribution in [0.4, 0.5) is 0 Å². The predicted molar refractivity (Wildman–Crippen MR) is 69.9 cm³/mol. The molecule has 0 amide bonds. The van der Waals surface area contributed by atoms with Crippen LogP contribution in [0.1, 0.15) is 58.3 Å². The Morgan fingerprint density at radius 3 is 2.81 bits per heavy atom. The Balaban J connectivity index is 2.23. The molecule has 3 nitrogen and oxygen atoms in total. The summed E-state index contributed by atoms with van der Waals surface area (Å²) in [5.74, 6) is 0.336. The monoisotopic (exact) mass is 225 g/mol. The lowest BCUT2D eigenvalue weighted by molar-refractivity contribution is 0.191. The molecule has 1 fully saturated rings. The number of likely N-dealkylation sites (tertiary alicyclic amines) is 1. The lowest BCUT2D eigenvalue weighted by Crippen LogP contribution is -2.35. The van der Waals surface area contributed by atoms with E-state index in [0.29, 0.717) is 5.84 Å². The van der Waals surface area contributed by atoms with Crippen molar-refractivity contribution >= 4 is 5.84 Å². The molecule has 0 aromatic rings. The number of hydrogen-bond donors (Lipinski definition) is 2. The van der Waals surface area contributed by atoms with Gasteiger partial charge in [-0.15, -0.1) is 0 Å². The van der Waals surface area contributed by atoms with Gasteiger partial charge in [0.15, 0.2) is 0 Å². The minimum Gasteiger partial charge on any atom is -0.388 e. The van der Waals surface area contributed by atoms with Crippen molar-refractivity contribution in [2.24, 2.45) is 5.73 Å². The molecule has 0 aromatic heterocycles. The molecule has 16 heavy (non-hydrogen) atoms. The Bertz CT molecular complexity index is 203. The van der Waals surface area contributed by atoms with Gasteiger partial charge in [-0.2, -0.15) is 0 Å². The second-order valence-corrected chi connectivity index (χ2v) is 4.93. The van der Waals surface area contributed by atoms with Crippen LogP contribution in [0.2, 0.25) is 0 Å². The molecule has 0 spiro atoms. The molecule has 0 aromatic carbocycles. The number of rotatable bonds is 6. The van der Waals surface area contributed by atoms with E-state index in [9.17, 15) is 0 Å². The lowest BCUT2D eigenvalue weighted by atomic mass is 10.1. The van der Waals surface area contributed by atoms with E-state index >= 15 is 0 Å². The van der Waals surface area contributed by atoms with Crippen molar-refractivity contribution in [1.82, 2.24) is 4.90 Å². The molecule has 0 saturated carbocycles. The van der Waals surface area contributed by atoms with Crippen LogP contribution in [0.25, 0.3) is 0 Å². The Morgan fingerprint density at radius 2 is 2.12 bits per heavy atom. The standard InChI is InChI=1S/C13H27N3/c1-2-12-8-4-3-6-10-16(12)11-7-5-9-13(14)15/h12H,2-11H2,1H3,(H3,14,15). The Kier molecular flexibility index (Phi) is 6.46. The zero-order valence-electron chi connectivity index (χ0n) is 10.7. The van der Waals surface area contributed by atoms with Crippen LogP contribution in [0.15, 0.2) is 0 Å². The topological polar surface area (TPSA) is 53.1 Å². The molecular weight excluding hydrogens is 198 g/mol. The first kappa shape index (κ1) is 13.5. The summed E-state index contributed by atoms with van der Waals surface area (Å²) in [7, 11) is 0. The maximum atomic E-state index is 7.19. The van der Waals surface area contributed by atoms with Gasteiger partial charge in [0.05, 0.1) is 5.84 Å². The van der Waals surface area contributed by atoms with Crippen LogP contribution < -0.4 is 5.73 Å². The summed E-state index contributed by atoms with van der Waals surface area (Å²) in [4.78, 5) is 2.66. The van der Waals surface area contributed by atoms with Crippen LogP contribution in [0, 0.1) is 5.41 Å². The fourth-order valence-corrected chi connectivity index (χ4v) is 2.62. The average Bonchev–Trinajstić information content (AvgIpc) is 2.48. The summed E-state index contributed by atoms with van der Waals surface area (Å²) < 4.78 is 0. The minimum absolute atomic E-state index is 0.336. The molecule has 94 valence electrons. The van der Waals surface area contributed by atoms with E-state index < -0.39 is 0 Å². The molecule has 1 rings (SSSR count). The average molecular weight is 225 g/mol. The van der Waals surface area contributed by atoms with Crippen LogP contribution in [-0.4, -0.2) is 29.9 Å². The number of unbranched alkanes of at least 4 members (excludes halogenated alkanes) is 1. The predicted octanol–water partition coefficient (Wildman–Crippen LogP) is 2.75.